The highest BCUT2D eigenvalue weighted by Gasteiger charge is 2.23. The van der Waals surface area contributed by atoms with Gasteiger partial charge in [-0.25, -0.2) is 4.98 Å². The third-order valence-electron chi connectivity index (χ3n) is 4.24. The van der Waals surface area contributed by atoms with Crippen molar-refractivity contribution in [2.24, 2.45) is 0 Å². The van der Waals surface area contributed by atoms with E-state index in [0.717, 1.165) is 18.2 Å². The number of ketones is 1. The zero-order chi connectivity index (χ0) is 18.5. The van der Waals surface area contributed by atoms with Gasteiger partial charge in [0.1, 0.15) is 0 Å². The number of ether oxygens (including phenoxy) is 2. The number of thiazole rings is 1. The fourth-order valence-electron chi connectivity index (χ4n) is 2.76. The van der Waals surface area contributed by atoms with Crippen LogP contribution in [0.5, 0.6) is 11.5 Å². The highest BCUT2D eigenvalue weighted by molar-refractivity contribution is 7.13. The van der Waals surface area contributed by atoms with Gasteiger partial charge in [-0.3, -0.25) is 9.59 Å². The summed E-state index contributed by atoms with van der Waals surface area (Å²) in [5, 5.41) is 2.94. The monoisotopic (exact) mass is 375 g/mol. The fourth-order valence-corrected chi connectivity index (χ4v) is 3.45. The Morgan fingerprint density at radius 3 is 2.58 bits per heavy atom. The molecule has 0 unspecified atom stereocenters. The van der Waals surface area contributed by atoms with Crippen LogP contribution in [0.15, 0.2) is 29.8 Å². The number of Topliss-reactive ketones (excluding diaryl/α,β-unsaturated/α-hetero) is 1. The molecule has 8 heteroatoms. The Labute approximate surface area is 156 Å². The van der Waals surface area contributed by atoms with E-state index >= 15 is 0 Å². The quantitative estimate of drug-likeness (QED) is 0.720. The van der Waals surface area contributed by atoms with Crippen molar-refractivity contribution >= 4 is 28.2 Å². The summed E-state index contributed by atoms with van der Waals surface area (Å²) in [7, 11) is 1.51. The van der Waals surface area contributed by atoms with E-state index in [0.29, 0.717) is 30.2 Å². The number of rotatable bonds is 6. The van der Waals surface area contributed by atoms with Crippen LogP contribution >= 0.6 is 11.3 Å². The topological polar surface area (TPSA) is 72.0 Å². The van der Waals surface area contributed by atoms with E-state index in [9.17, 15) is 9.59 Å². The molecule has 0 atom stereocenters. The number of benzene rings is 1. The van der Waals surface area contributed by atoms with Crippen LogP contribution in [0, 0.1) is 0 Å². The Bertz CT molecular complexity index is 771. The van der Waals surface area contributed by atoms with E-state index in [-0.39, 0.29) is 18.3 Å². The molecule has 1 aliphatic rings. The van der Waals surface area contributed by atoms with Crippen LogP contribution in [0.2, 0.25) is 0 Å². The van der Waals surface area contributed by atoms with Crippen molar-refractivity contribution in [2.75, 3.05) is 44.8 Å². The minimum absolute atomic E-state index is 0.0518. The molecule has 0 aliphatic carbocycles. The van der Waals surface area contributed by atoms with Gasteiger partial charge in [-0.05, 0) is 25.1 Å². The average molecular weight is 375 g/mol. The molecule has 0 spiro atoms. The Balaban J connectivity index is 1.54. The Hall–Kier alpha value is -2.61. The van der Waals surface area contributed by atoms with Gasteiger partial charge in [0.15, 0.2) is 29.0 Å². The van der Waals surface area contributed by atoms with Crippen LogP contribution in [-0.4, -0.2) is 61.5 Å². The number of hydrogen-bond donors (Lipinski definition) is 0. The highest BCUT2D eigenvalue weighted by atomic mass is 32.1. The van der Waals surface area contributed by atoms with Crippen molar-refractivity contribution in [3.63, 3.8) is 0 Å². The molecular weight excluding hydrogens is 354 g/mol. The van der Waals surface area contributed by atoms with Gasteiger partial charge in [-0.1, -0.05) is 0 Å². The summed E-state index contributed by atoms with van der Waals surface area (Å²) in [5.41, 5.74) is 0.541. The van der Waals surface area contributed by atoms with Crippen molar-refractivity contribution in [1.29, 1.82) is 0 Å². The van der Waals surface area contributed by atoms with Crippen LogP contribution in [0.1, 0.15) is 17.3 Å². The maximum absolute atomic E-state index is 12.4. The fraction of sp³-hybridized carbons (Fsp3) is 0.389. The van der Waals surface area contributed by atoms with Crippen LogP contribution in [0.25, 0.3) is 0 Å². The molecule has 1 fully saturated rings. The van der Waals surface area contributed by atoms with Crippen molar-refractivity contribution < 1.29 is 19.1 Å². The number of aromatic nitrogens is 1. The first-order valence-corrected chi connectivity index (χ1v) is 9.20. The van der Waals surface area contributed by atoms with Gasteiger partial charge in [0, 0.05) is 43.3 Å². The van der Waals surface area contributed by atoms with E-state index in [1.54, 1.807) is 40.6 Å². The lowest BCUT2D eigenvalue weighted by atomic mass is 10.1. The van der Waals surface area contributed by atoms with Gasteiger partial charge in [-0.2, -0.15) is 0 Å². The third kappa shape index (κ3) is 4.13. The number of carbonyl (C=O) groups excluding carboxylic acids is 2. The second kappa shape index (κ2) is 8.18. The molecule has 0 radical (unpaired) electrons. The first kappa shape index (κ1) is 18.2. The number of anilines is 1. The first-order chi connectivity index (χ1) is 12.6. The van der Waals surface area contributed by atoms with Crippen molar-refractivity contribution in [1.82, 2.24) is 9.88 Å². The zero-order valence-electron chi connectivity index (χ0n) is 14.8. The molecule has 3 rings (SSSR count). The van der Waals surface area contributed by atoms with E-state index < -0.39 is 0 Å². The van der Waals surface area contributed by atoms with Crippen molar-refractivity contribution in [3.8, 4) is 11.5 Å². The summed E-state index contributed by atoms with van der Waals surface area (Å²) in [6.07, 6.45) is 1.79. The Morgan fingerprint density at radius 2 is 1.96 bits per heavy atom. The number of hydrogen-bond acceptors (Lipinski definition) is 7. The summed E-state index contributed by atoms with van der Waals surface area (Å²) in [5.74, 6) is 0.775. The number of nitrogens with zero attached hydrogens (tertiary/aromatic N) is 3. The molecular formula is C18H21N3O4S. The number of amides is 1. The van der Waals surface area contributed by atoms with Crippen LogP contribution < -0.4 is 14.4 Å². The highest BCUT2D eigenvalue weighted by Crippen LogP contribution is 2.28. The molecule has 2 aromatic rings. The number of piperazine rings is 1. The van der Waals surface area contributed by atoms with Gasteiger partial charge in [0.25, 0.3) is 5.91 Å². The average Bonchev–Trinajstić information content (AvgIpc) is 3.20. The molecule has 26 heavy (non-hydrogen) atoms. The molecule has 138 valence electrons. The lowest BCUT2D eigenvalue weighted by Crippen LogP contribution is -2.50. The predicted octanol–water partition coefficient (Wildman–Crippen LogP) is 2.08. The second-order valence-electron chi connectivity index (χ2n) is 5.89. The summed E-state index contributed by atoms with van der Waals surface area (Å²) in [6.45, 7) is 4.23. The molecule has 1 saturated heterocycles. The van der Waals surface area contributed by atoms with Gasteiger partial charge >= 0.3 is 0 Å². The summed E-state index contributed by atoms with van der Waals surface area (Å²) < 4.78 is 10.9. The SMILES string of the molecule is COc1cc(C(C)=O)ccc1OCC(=O)N1CCN(c2nccs2)CC1. The Kier molecular flexibility index (Phi) is 5.72. The maximum Gasteiger partial charge on any atom is 0.260 e. The molecule has 0 bridgehead atoms. The van der Waals surface area contributed by atoms with E-state index in [2.05, 4.69) is 9.88 Å². The summed E-state index contributed by atoms with van der Waals surface area (Å²) >= 11 is 1.60. The predicted molar refractivity (Wildman–Crippen MR) is 99.4 cm³/mol. The molecule has 1 aromatic heterocycles. The number of carbonyl (C=O) groups is 2. The molecule has 7 nitrogen and oxygen atoms in total. The smallest absolute Gasteiger partial charge is 0.260 e. The largest absolute Gasteiger partial charge is 0.493 e. The molecule has 1 amide bonds. The van der Waals surface area contributed by atoms with Gasteiger partial charge in [0.05, 0.1) is 7.11 Å². The zero-order valence-corrected chi connectivity index (χ0v) is 15.6. The van der Waals surface area contributed by atoms with Gasteiger partial charge < -0.3 is 19.3 Å². The molecule has 0 N–H and O–H groups in total. The lowest BCUT2D eigenvalue weighted by Gasteiger charge is -2.34. The van der Waals surface area contributed by atoms with Crippen molar-refractivity contribution in [2.45, 2.75) is 6.92 Å². The van der Waals surface area contributed by atoms with Crippen LogP contribution in [-0.2, 0) is 4.79 Å². The molecule has 1 aromatic carbocycles. The first-order valence-electron chi connectivity index (χ1n) is 8.32. The number of methoxy groups -OCH3 is 1. The van der Waals surface area contributed by atoms with Gasteiger partial charge in [-0.15, -0.1) is 11.3 Å². The lowest BCUT2D eigenvalue weighted by molar-refractivity contribution is -0.133. The molecule has 1 aliphatic heterocycles. The summed E-state index contributed by atoms with van der Waals surface area (Å²) in [6, 6.07) is 4.94. The normalized spacial score (nSPS) is 14.2. The molecule has 0 saturated carbocycles. The minimum Gasteiger partial charge on any atom is -0.493 e. The van der Waals surface area contributed by atoms with E-state index in [1.807, 2.05) is 5.38 Å². The van der Waals surface area contributed by atoms with Crippen LogP contribution in [0.4, 0.5) is 5.13 Å². The Morgan fingerprint density at radius 1 is 1.19 bits per heavy atom. The third-order valence-corrected chi connectivity index (χ3v) is 5.08. The van der Waals surface area contributed by atoms with Crippen molar-refractivity contribution in [3.05, 3.63) is 35.3 Å². The summed E-state index contributed by atoms with van der Waals surface area (Å²) in [4.78, 5) is 32.1. The maximum atomic E-state index is 12.4. The minimum atomic E-state index is -0.0681. The second-order valence-corrected chi connectivity index (χ2v) is 6.77. The molecule has 2 heterocycles. The van der Waals surface area contributed by atoms with E-state index in [1.165, 1.54) is 14.0 Å². The van der Waals surface area contributed by atoms with Crippen LogP contribution in [0.3, 0.4) is 0 Å². The van der Waals surface area contributed by atoms with E-state index in [4.69, 9.17) is 9.47 Å². The standard InChI is InChI=1S/C18H21N3O4S/c1-13(22)14-3-4-15(16(11-14)24-2)25-12-17(23)20-6-8-21(9-7-20)18-19-5-10-26-18/h3-5,10-11H,6-9,12H2,1-2H3. The van der Waals surface area contributed by atoms with Gasteiger partial charge in [0.2, 0.25) is 0 Å².